The van der Waals surface area contributed by atoms with E-state index >= 15 is 0 Å². The van der Waals surface area contributed by atoms with Crippen LogP contribution in [0.1, 0.15) is 54.4 Å². The quantitative estimate of drug-likeness (QED) is 0.630. The van der Waals surface area contributed by atoms with Crippen LogP contribution in [-0.2, 0) is 0 Å². The van der Waals surface area contributed by atoms with Gasteiger partial charge >= 0.3 is 0 Å². The molecule has 0 spiro atoms. The number of nitrogen functional groups attached to an aromatic ring is 1. The number of nitrogens with two attached hydrogens (primary N) is 1. The molecule has 0 unspecified atom stereocenters. The minimum Gasteiger partial charge on any atom is -0.399 e. The summed E-state index contributed by atoms with van der Waals surface area (Å²) in [6, 6.07) is 5.48. The highest BCUT2D eigenvalue weighted by molar-refractivity contribution is 5.95. The second kappa shape index (κ2) is 6.60. The third-order valence-electron chi connectivity index (χ3n) is 3.91. The number of carbonyl (C=O) groups excluding carboxylic acids is 1. The van der Waals surface area contributed by atoms with Gasteiger partial charge in [0.05, 0.1) is 0 Å². The lowest BCUT2D eigenvalue weighted by Crippen LogP contribution is -2.25. The highest BCUT2D eigenvalue weighted by atomic mass is 16.1. The van der Waals surface area contributed by atoms with Gasteiger partial charge in [0.1, 0.15) is 0 Å². The Kier molecular flexibility index (Phi) is 4.83. The summed E-state index contributed by atoms with van der Waals surface area (Å²) in [7, 11) is 0. The number of aryl methyl sites for hydroxylation is 1. The molecule has 19 heavy (non-hydrogen) atoms. The van der Waals surface area contributed by atoms with Crippen LogP contribution in [0.25, 0.3) is 0 Å². The molecule has 0 aromatic heterocycles. The minimum absolute atomic E-state index is 0.0122. The number of rotatable bonds is 5. The van der Waals surface area contributed by atoms with E-state index in [0.717, 1.165) is 24.4 Å². The summed E-state index contributed by atoms with van der Waals surface area (Å²) in [5.74, 6) is 0.883. The molecule has 0 bridgehead atoms. The van der Waals surface area contributed by atoms with Crippen LogP contribution < -0.4 is 11.1 Å². The zero-order valence-electron chi connectivity index (χ0n) is 11.7. The number of nitrogens with one attached hydrogen (secondary N) is 1. The average Bonchev–Trinajstić information content (AvgIpc) is 2.86. The van der Waals surface area contributed by atoms with Gasteiger partial charge in [-0.15, -0.1) is 0 Å². The van der Waals surface area contributed by atoms with Crippen molar-refractivity contribution in [3.8, 4) is 0 Å². The van der Waals surface area contributed by atoms with Gasteiger partial charge in [0.15, 0.2) is 0 Å². The van der Waals surface area contributed by atoms with E-state index in [2.05, 4.69) is 5.32 Å². The molecule has 0 radical (unpaired) electrons. The van der Waals surface area contributed by atoms with Crippen LogP contribution in [0.15, 0.2) is 18.2 Å². The first-order chi connectivity index (χ1) is 9.15. The Balaban J connectivity index is 1.74. The van der Waals surface area contributed by atoms with Crippen molar-refractivity contribution in [2.75, 3.05) is 12.3 Å². The molecule has 1 saturated carbocycles. The SMILES string of the molecule is Cc1cc(N)cc(C(=O)NCCCC2CCCC2)c1. The third-order valence-corrected chi connectivity index (χ3v) is 3.91. The molecule has 3 nitrogen and oxygen atoms in total. The lowest BCUT2D eigenvalue weighted by atomic mass is 10.0. The summed E-state index contributed by atoms with van der Waals surface area (Å²) in [6.07, 6.45) is 7.86. The van der Waals surface area contributed by atoms with Crippen LogP contribution in [0.4, 0.5) is 5.69 Å². The number of carbonyl (C=O) groups is 1. The van der Waals surface area contributed by atoms with Crippen molar-refractivity contribution < 1.29 is 4.79 Å². The Morgan fingerprint density at radius 1 is 1.32 bits per heavy atom. The molecule has 1 fully saturated rings. The molecule has 1 aromatic rings. The van der Waals surface area contributed by atoms with E-state index in [0.29, 0.717) is 11.3 Å². The molecule has 0 heterocycles. The van der Waals surface area contributed by atoms with Gasteiger partial charge in [-0.05, 0) is 49.4 Å². The van der Waals surface area contributed by atoms with Gasteiger partial charge < -0.3 is 11.1 Å². The molecule has 0 aliphatic heterocycles. The number of hydrogen-bond acceptors (Lipinski definition) is 2. The van der Waals surface area contributed by atoms with Crippen molar-refractivity contribution in [1.29, 1.82) is 0 Å². The van der Waals surface area contributed by atoms with Gasteiger partial charge in [-0.2, -0.15) is 0 Å². The molecular formula is C16H24N2O. The zero-order valence-corrected chi connectivity index (χ0v) is 11.7. The maximum atomic E-state index is 12.0. The van der Waals surface area contributed by atoms with Crippen LogP contribution in [0.3, 0.4) is 0 Å². The van der Waals surface area contributed by atoms with Gasteiger partial charge in [-0.1, -0.05) is 25.7 Å². The standard InChI is InChI=1S/C16H24N2O/c1-12-9-14(11-15(17)10-12)16(19)18-8-4-7-13-5-2-3-6-13/h9-11,13H,2-8,17H2,1H3,(H,18,19). The Morgan fingerprint density at radius 2 is 2.05 bits per heavy atom. The lowest BCUT2D eigenvalue weighted by Gasteiger charge is -2.10. The second-order valence-corrected chi connectivity index (χ2v) is 5.68. The van der Waals surface area contributed by atoms with E-state index in [1.165, 1.54) is 32.1 Å². The topological polar surface area (TPSA) is 55.1 Å². The zero-order chi connectivity index (χ0) is 13.7. The summed E-state index contributed by atoms with van der Waals surface area (Å²) < 4.78 is 0. The molecule has 0 atom stereocenters. The predicted molar refractivity (Wildman–Crippen MR) is 79.1 cm³/mol. The van der Waals surface area contributed by atoms with Crippen molar-refractivity contribution >= 4 is 11.6 Å². The van der Waals surface area contributed by atoms with Crippen molar-refractivity contribution in [3.05, 3.63) is 29.3 Å². The first-order valence-electron chi connectivity index (χ1n) is 7.30. The number of benzene rings is 1. The first kappa shape index (κ1) is 13.9. The maximum absolute atomic E-state index is 12.0. The summed E-state index contributed by atoms with van der Waals surface area (Å²) in [5, 5.41) is 2.98. The number of hydrogen-bond donors (Lipinski definition) is 2. The molecule has 3 heteroatoms. The van der Waals surface area contributed by atoms with Gasteiger partial charge in [0.25, 0.3) is 5.91 Å². The molecule has 104 valence electrons. The molecule has 1 aliphatic rings. The Labute approximate surface area is 115 Å². The molecule has 1 amide bonds. The first-order valence-corrected chi connectivity index (χ1v) is 7.30. The molecule has 3 N–H and O–H groups in total. The summed E-state index contributed by atoms with van der Waals surface area (Å²) >= 11 is 0. The number of amides is 1. The molecule has 0 saturated heterocycles. The minimum atomic E-state index is -0.0122. The van der Waals surface area contributed by atoms with E-state index in [4.69, 9.17) is 5.73 Å². The summed E-state index contributed by atoms with van der Waals surface area (Å²) in [4.78, 5) is 12.0. The highest BCUT2D eigenvalue weighted by Crippen LogP contribution is 2.28. The van der Waals surface area contributed by atoms with Crippen LogP contribution in [0.5, 0.6) is 0 Å². The largest absolute Gasteiger partial charge is 0.399 e. The Morgan fingerprint density at radius 3 is 2.74 bits per heavy atom. The lowest BCUT2D eigenvalue weighted by molar-refractivity contribution is 0.0952. The van der Waals surface area contributed by atoms with Crippen LogP contribution in [0.2, 0.25) is 0 Å². The van der Waals surface area contributed by atoms with E-state index in [1.807, 2.05) is 19.1 Å². The van der Waals surface area contributed by atoms with E-state index in [1.54, 1.807) is 6.07 Å². The molecule has 2 rings (SSSR count). The van der Waals surface area contributed by atoms with Crippen LogP contribution in [0, 0.1) is 12.8 Å². The van der Waals surface area contributed by atoms with E-state index in [9.17, 15) is 4.79 Å². The van der Waals surface area contributed by atoms with Gasteiger partial charge in [0.2, 0.25) is 0 Å². The predicted octanol–water partition coefficient (Wildman–Crippen LogP) is 3.28. The Bertz CT molecular complexity index is 416. The maximum Gasteiger partial charge on any atom is 0.251 e. The normalized spacial score (nSPS) is 15.6. The number of anilines is 1. The summed E-state index contributed by atoms with van der Waals surface area (Å²) in [5.41, 5.74) is 8.09. The van der Waals surface area contributed by atoms with Crippen LogP contribution >= 0.6 is 0 Å². The molecular weight excluding hydrogens is 236 g/mol. The van der Waals surface area contributed by atoms with E-state index < -0.39 is 0 Å². The van der Waals surface area contributed by atoms with Gasteiger partial charge in [0, 0.05) is 17.8 Å². The highest BCUT2D eigenvalue weighted by Gasteiger charge is 2.14. The Hall–Kier alpha value is -1.51. The second-order valence-electron chi connectivity index (χ2n) is 5.68. The molecule has 1 aromatic carbocycles. The fourth-order valence-electron chi connectivity index (χ4n) is 2.94. The summed E-state index contributed by atoms with van der Waals surface area (Å²) in [6.45, 7) is 2.72. The van der Waals surface area contributed by atoms with Crippen molar-refractivity contribution in [2.45, 2.75) is 45.4 Å². The monoisotopic (exact) mass is 260 g/mol. The van der Waals surface area contributed by atoms with Crippen molar-refractivity contribution in [3.63, 3.8) is 0 Å². The van der Waals surface area contributed by atoms with Crippen molar-refractivity contribution in [1.82, 2.24) is 5.32 Å². The fraction of sp³-hybridized carbons (Fsp3) is 0.562. The van der Waals surface area contributed by atoms with E-state index in [-0.39, 0.29) is 5.91 Å². The van der Waals surface area contributed by atoms with Crippen molar-refractivity contribution in [2.24, 2.45) is 5.92 Å². The smallest absolute Gasteiger partial charge is 0.251 e. The van der Waals surface area contributed by atoms with Gasteiger partial charge in [-0.3, -0.25) is 4.79 Å². The fourth-order valence-corrected chi connectivity index (χ4v) is 2.94. The van der Waals surface area contributed by atoms with Gasteiger partial charge in [-0.25, -0.2) is 0 Å². The van der Waals surface area contributed by atoms with Crippen LogP contribution in [-0.4, -0.2) is 12.5 Å². The molecule has 1 aliphatic carbocycles. The average molecular weight is 260 g/mol. The third kappa shape index (κ3) is 4.27.